The summed E-state index contributed by atoms with van der Waals surface area (Å²) in [5.41, 5.74) is 2.98. The molecule has 2 nitrogen and oxygen atoms in total. The first-order valence-corrected chi connectivity index (χ1v) is 6.83. The molecule has 0 unspecified atom stereocenters. The van der Waals surface area contributed by atoms with Gasteiger partial charge < -0.3 is 4.74 Å². The molecular weight excluding hydrogens is 270 g/mol. The van der Waals surface area contributed by atoms with Gasteiger partial charge in [-0.15, -0.1) is 0 Å². The molecule has 0 aliphatic carbocycles. The van der Waals surface area contributed by atoms with Crippen LogP contribution < -0.4 is 4.74 Å². The number of hydrogen-bond donors (Lipinski definition) is 0. The molecule has 1 aromatic heterocycles. The second-order valence-electron chi connectivity index (χ2n) is 4.71. The van der Waals surface area contributed by atoms with Crippen molar-refractivity contribution >= 4 is 22.5 Å². The Hall–Kier alpha value is -2.06. The van der Waals surface area contributed by atoms with Gasteiger partial charge in [0.25, 0.3) is 0 Å². The minimum atomic E-state index is 0.548. The first kappa shape index (κ1) is 12.9. The van der Waals surface area contributed by atoms with Crippen molar-refractivity contribution in [1.29, 1.82) is 0 Å². The van der Waals surface area contributed by atoms with E-state index in [9.17, 15) is 0 Å². The fraction of sp³-hybridized carbons (Fsp3) is 0.118. The number of aromatic nitrogens is 1. The highest BCUT2D eigenvalue weighted by molar-refractivity contribution is 6.36. The van der Waals surface area contributed by atoms with Crippen LogP contribution in [0.1, 0.15) is 11.1 Å². The maximum atomic E-state index is 6.27. The lowest BCUT2D eigenvalue weighted by molar-refractivity contribution is 0.306. The molecule has 2 aromatic carbocycles. The maximum Gasteiger partial charge on any atom is 0.122 e. The Balaban J connectivity index is 1.85. The lowest BCUT2D eigenvalue weighted by atomic mass is 10.1. The molecule has 0 N–H and O–H groups in total. The predicted octanol–water partition coefficient (Wildman–Crippen LogP) is 4.78. The molecule has 1 heterocycles. The van der Waals surface area contributed by atoms with Crippen LogP contribution in [0.2, 0.25) is 5.02 Å². The third-order valence-electron chi connectivity index (χ3n) is 3.20. The summed E-state index contributed by atoms with van der Waals surface area (Å²) in [6.07, 6.45) is 1.78. The Morgan fingerprint density at radius 2 is 1.90 bits per heavy atom. The standard InChI is InChI=1S/C17H14ClNO/c1-12-10-19-16-9-14(7-8-15(16)17(12)18)20-11-13-5-3-2-4-6-13/h2-10H,11H2,1H3. The number of halogens is 1. The van der Waals surface area contributed by atoms with E-state index in [4.69, 9.17) is 16.3 Å². The molecule has 0 saturated carbocycles. The summed E-state index contributed by atoms with van der Waals surface area (Å²) in [6.45, 7) is 2.50. The van der Waals surface area contributed by atoms with E-state index in [0.717, 1.165) is 32.8 Å². The minimum absolute atomic E-state index is 0.548. The van der Waals surface area contributed by atoms with Crippen LogP contribution >= 0.6 is 11.6 Å². The van der Waals surface area contributed by atoms with E-state index in [1.54, 1.807) is 6.20 Å². The van der Waals surface area contributed by atoms with Crippen LogP contribution in [-0.4, -0.2) is 4.98 Å². The van der Waals surface area contributed by atoms with Crippen molar-refractivity contribution < 1.29 is 4.74 Å². The van der Waals surface area contributed by atoms with E-state index in [0.29, 0.717) is 6.61 Å². The molecule has 20 heavy (non-hydrogen) atoms. The van der Waals surface area contributed by atoms with E-state index in [-0.39, 0.29) is 0 Å². The molecule has 0 aliphatic rings. The van der Waals surface area contributed by atoms with Crippen LogP contribution in [0.4, 0.5) is 0 Å². The van der Waals surface area contributed by atoms with Gasteiger partial charge in [0.2, 0.25) is 0 Å². The highest BCUT2D eigenvalue weighted by Gasteiger charge is 2.05. The zero-order valence-corrected chi connectivity index (χ0v) is 11.9. The largest absolute Gasteiger partial charge is 0.489 e. The lowest BCUT2D eigenvalue weighted by Crippen LogP contribution is -1.95. The normalized spacial score (nSPS) is 10.7. The van der Waals surface area contributed by atoms with Crippen LogP contribution in [0.25, 0.3) is 10.9 Å². The monoisotopic (exact) mass is 283 g/mol. The van der Waals surface area contributed by atoms with Gasteiger partial charge in [-0.05, 0) is 30.2 Å². The van der Waals surface area contributed by atoms with Crippen LogP contribution in [-0.2, 0) is 6.61 Å². The molecule has 3 rings (SSSR count). The molecule has 0 fully saturated rings. The lowest BCUT2D eigenvalue weighted by Gasteiger charge is -2.08. The van der Waals surface area contributed by atoms with Crippen molar-refractivity contribution in [1.82, 2.24) is 4.98 Å². The van der Waals surface area contributed by atoms with E-state index >= 15 is 0 Å². The Bertz CT molecular complexity index is 741. The van der Waals surface area contributed by atoms with Crippen molar-refractivity contribution in [2.75, 3.05) is 0 Å². The molecule has 0 aliphatic heterocycles. The van der Waals surface area contributed by atoms with Gasteiger partial charge in [-0.2, -0.15) is 0 Å². The quantitative estimate of drug-likeness (QED) is 0.690. The van der Waals surface area contributed by atoms with E-state index in [1.807, 2.05) is 55.5 Å². The summed E-state index contributed by atoms with van der Waals surface area (Å²) in [6, 6.07) is 15.9. The van der Waals surface area contributed by atoms with Crippen LogP contribution in [0.15, 0.2) is 54.7 Å². The fourth-order valence-corrected chi connectivity index (χ4v) is 2.28. The number of ether oxygens (including phenoxy) is 1. The van der Waals surface area contributed by atoms with Gasteiger partial charge in [0, 0.05) is 17.6 Å². The van der Waals surface area contributed by atoms with Gasteiger partial charge >= 0.3 is 0 Å². The number of fused-ring (bicyclic) bond motifs is 1. The molecule has 100 valence electrons. The zero-order chi connectivity index (χ0) is 13.9. The van der Waals surface area contributed by atoms with Crippen molar-refractivity contribution in [3.63, 3.8) is 0 Å². The van der Waals surface area contributed by atoms with E-state index in [1.165, 1.54) is 0 Å². The molecule has 0 radical (unpaired) electrons. The molecule has 3 heteroatoms. The van der Waals surface area contributed by atoms with Crippen LogP contribution in [0.5, 0.6) is 5.75 Å². The Kier molecular flexibility index (Phi) is 3.57. The van der Waals surface area contributed by atoms with Gasteiger partial charge in [0.15, 0.2) is 0 Å². The second-order valence-corrected chi connectivity index (χ2v) is 5.09. The number of pyridine rings is 1. The zero-order valence-electron chi connectivity index (χ0n) is 11.1. The number of hydrogen-bond acceptors (Lipinski definition) is 2. The summed E-state index contributed by atoms with van der Waals surface area (Å²) in [4.78, 5) is 4.39. The fourth-order valence-electron chi connectivity index (χ4n) is 2.07. The van der Waals surface area contributed by atoms with Crippen molar-refractivity contribution in [2.45, 2.75) is 13.5 Å². The van der Waals surface area contributed by atoms with Crippen molar-refractivity contribution in [3.8, 4) is 5.75 Å². The van der Waals surface area contributed by atoms with Gasteiger partial charge in [0.1, 0.15) is 12.4 Å². The van der Waals surface area contributed by atoms with Gasteiger partial charge in [-0.3, -0.25) is 4.98 Å². The highest BCUT2D eigenvalue weighted by Crippen LogP contribution is 2.28. The minimum Gasteiger partial charge on any atom is -0.489 e. The molecule has 0 atom stereocenters. The Morgan fingerprint density at radius 3 is 2.70 bits per heavy atom. The topological polar surface area (TPSA) is 22.1 Å². The first-order valence-electron chi connectivity index (χ1n) is 6.45. The number of benzene rings is 2. The van der Waals surface area contributed by atoms with Crippen molar-refractivity contribution in [2.24, 2.45) is 0 Å². The van der Waals surface area contributed by atoms with E-state index < -0.39 is 0 Å². The molecular formula is C17H14ClNO. The second kappa shape index (κ2) is 5.51. The van der Waals surface area contributed by atoms with Gasteiger partial charge in [0.05, 0.1) is 10.5 Å². The molecule has 0 saturated heterocycles. The summed E-state index contributed by atoms with van der Waals surface area (Å²) in [5, 5.41) is 1.71. The average molecular weight is 284 g/mol. The summed E-state index contributed by atoms with van der Waals surface area (Å²) in [7, 11) is 0. The summed E-state index contributed by atoms with van der Waals surface area (Å²) >= 11 is 6.27. The Labute approximate surface area is 123 Å². The molecule has 0 bridgehead atoms. The number of aryl methyl sites for hydroxylation is 1. The third-order valence-corrected chi connectivity index (χ3v) is 3.70. The van der Waals surface area contributed by atoms with E-state index in [2.05, 4.69) is 4.98 Å². The molecule has 0 amide bonds. The van der Waals surface area contributed by atoms with Crippen LogP contribution in [0.3, 0.4) is 0 Å². The Morgan fingerprint density at radius 1 is 1.10 bits per heavy atom. The average Bonchev–Trinajstić information content (AvgIpc) is 2.50. The van der Waals surface area contributed by atoms with Gasteiger partial charge in [-0.25, -0.2) is 0 Å². The predicted molar refractivity (Wildman–Crippen MR) is 82.3 cm³/mol. The van der Waals surface area contributed by atoms with Crippen molar-refractivity contribution in [3.05, 3.63) is 70.9 Å². The third kappa shape index (κ3) is 2.61. The summed E-state index contributed by atoms with van der Waals surface area (Å²) in [5.74, 6) is 0.800. The summed E-state index contributed by atoms with van der Waals surface area (Å²) < 4.78 is 5.79. The SMILES string of the molecule is Cc1cnc2cc(OCc3ccccc3)ccc2c1Cl. The number of nitrogens with zero attached hydrogens (tertiary/aromatic N) is 1. The molecule has 3 aromatic rings. The highest BCUT2D eigenvalue weighted by atomic mass is 35.5. The first-order chi connectivity index (χ1) is 9.74. The van der Waals surface area contributed by atoms with Gasteiger partial charge in [-0.1, -0.05) is 41.9 Å². The maximum absolute atomic E-state index is 6.27. The number of rotatable bonds is 3. The van der Waals surface area contributed by atoms with Crippen LogP contribution in [0, 0.1) is 6.92 Å². The molecule has 0 spiro atoms. The smallest absolute Gasteiger partial charge is 0.122 e.